The van der Waals surface area contributed by atoms with Crippen molar-refractivity contribution >= 4 is 17.6 Å². The van der Waals surface area contributed by atoms with Crippen molar-refractivity contribution in [1.29, 1.82) is 0 Å². The van der Waals surface area contributed by atoms with Gasteiger partial charge in [0.15, 0.2) is 17.4 Å². The van der Waals surface area contributed by atoms with Gasteiger partial charge in [-0.1, -0.05) is 12.1 Å². The van der Waals surface area contributed by atoms with Crippen LogP contribution >= 0.6 is 0 Å². The lowest BCUT2D eigenvalue weighted by Gasteiger charge is -2.25. The number of nitrogens with zero attached hydrogens (tertiary/aromatic N) is 1. The van der Waals surface area contributed by atoms with Gasteiger partial charge < -0.3 is 15.8 Å². The highest BCUT2D eigenvalue weighted by Crippen LogP contribution is 2.26. The summed E-state index contributed by atoms with van der Waals surface area (Å²) in [5.74, 6) is -7.30. The van der Waals surface area contributed by atoms with E-state index in [0.29, 0.717) is 16.2 Å². The zero-order valence-corrected chi connectivity index (χ0v) is 23.9. The number of hydrogen-bond acceptors (Lipinski definition) is 6. The van der Waals surface area contributed by atoms with Crippen LogP contribution in [0, 0.1) is 29.1 Å². The maximum Gasteiger partial charge on any atom is 0.328 e. The van der Waals surface area contributed by atoms with Crippen molar-refractivity contribution in [2.24, 2.45) is 0 Å². The van der Waals surface area contributed by atoms with E-state index in [-0.39, 0.29) is 18.5 Å². The molecule has 4 rings (SSSR count). The first kappa shape index (κ1) is 32.1. The van der Waals surface area contributed by atoms with Crippen LogP contribution in [0.5, 0.6) is 0 Å². The summed E-state index contributed by atoms with van der Waals surface area (Å²) in [7, 11) is 0. The van der Waals surface area contributed by atoms with Crippen LogP contribution in [-0.4, -0.2) is 28.5 Å². The Kier molecular flexibility index (Phi) is 9.33. The molecule has 0 spiro atoms. The average Bonchev–Trinajstić information content (AvgIpc) is 2.92. The Hall–Kier alpha value is -4.84. The van der Waals surface area contributed by atoms with Gasteiger partial charge in [0, 0.05) is 18.7 Å². The van der Waals surface area contributed by atoms with Gasteiger partial charge in [-0.25, -0.2) is 26.7 Å². The number of halogens is 5. The van der Waals surface area contributed by atoms with E-state index >= 15 is 8.78 Å². The number of pyridine rings is 1. The van der Waals surface area contributed by atoms with Gasteiger partial charge in [0.2, 0.25) is 0 Å². The molecule has 1 heterocycles. The quantitative estimate of drug-likeness (QED) is 0.146. The normalized spacial score (nSPS) is 12.2. The van der Waals surface area contributed by atoms with Gasteiger partial charge in [-0.15, -0.1) is 0 Å². The number of ketones is 1. The van der Waals surface area contributed by atoms with Crippen LogP contribution in [0.2, 0.25) is 0 Å². The van der Waals surface area contributed by atoms with E-state index in [1.807, 2.05) is 0 Å². The molecule has 4 aromatic rings. The predicted octanol–water partition coefficient (Wildman–Crippen LogP) is 5.56. The van der Waals surface area contributed by atoms with Crippen molar-refractivity contribution < 1.29 is 36.3 Å². The number of aromatic nitrogens is 1. The molecule has 230 valence electrons. The van der Waals surface area contributed by atoms with Crippen LogP contribution in [0.25, 0.3) is 5.69 Å². The van der Waals surface area contributed by atoms with Gasteiger partial charge in [0.05, 0.1) is 11.1 Å². The van der Waals surface area contributed by atoms with Crippen LogP contribution in [0.3, 0.4) is 0 Å². The number of nitrogens with two attached hydrogens (primary N) is 1. The molecule has 12 heteroatoms. The Labute approximate surface area is 249 Å². The zero-order valence-electron chi connectivity index (χ0n) is 23.9. The fourth-order valence-corrected chi connectivity index (χ4v) is 4.49. The molecule has 0 saturated heterocycles. The second-order valence-corrected chi connectivity index (χ2v) is 10.9. The van der Waals surface area contributed by atoms with Crippen molar-refractivity contribution in [2.75, 3.05) is 12.3 Å². The largest absolute Gasteiger partial charge is 0.459 e. The number of esters is 1. The molecule has 0 radical (unpaired) electrons. The molecule has 0 bridgehead atoms. The standard InChI is InChI=1S/C32H28F5N3O4/c1-32(2,3)44-31(43)27(18-4-6-19(33)7-5-18)39-13-12-17-14-24(36)28(25(37)15-17)40-26(41)11-10-22(30(40)38)29(42)21-9-8-20(34)16-23(21)35/h4-11,14-16,27,39H,12-13,38H2,1-3H3/t27-/m0/s1. The summed E-state index contributed by atoms with van der Waals surface area (Å²) in [4.78, 5) is 38.4. The van der Waals surface area contributed by atoms with Gasteiger partial charge in [-0.2, -0.15) is 0 Å². The smallest absolute Gasteiger partial charge is 0.328 e. The third kappa shape index (κ3) is 7.20. The van der Waals surface area contributed by atoms with Crippen molar-refractivity contribution in [3.05, 3.63) is 128 Å². The minimum absolute atomic E-state index is 0.0152. The number of carbonyl (C=O) groups excluding carboxylic acids is 2. The highest BCUT2D eigenvalue weighted by atomic mass is 19.1. The summed E-state index contributed by atoms with van der Waals surface area (Å²) in [6.07, 6.45) is 0.0152. The lowest BCUT2D eigenvalue weighted by molar-refractivity contribution is -0.157. The first-order valence-electron chi connectivity index (χ1n) is 13.4. The monoisotopic (exact) mass is 613 g/mol. The van der Waals surface area contributed by atoms with Gasteiger partial charge in [-0.3, -0.25) is 14.2 Å². The fourth-order valence-electron chi connectivity index (χ4n) is 4.49. The van der Waals surface area contributed by atoms with Crippen LogP contribution in [0.4, 0.5) is 27.8 Å². The van der Waals surface area contributed by atoms with E-state index in [9.17, 15) is 27.6 Å². The van der Waals surface area contributed by atoms with Gasteiger partial charge >= 0.3 is 5.97 Å². The molecular weight excluding hydrogens is 585 g/mol. The number of anilines is 1. The van der Waals surface area contributed by atoms with E-state index < -0.39 is 80.7 Å². The Balaban J connectivity index is 1.60. The number of benzene rings is 3. The lowest BCUT2D eigenvalue weighted by Crippen LogP contribution is -2.36. The second-order valence-electron chi connectivity index (χ2n) is 10.9. The summed E-state index contributed by atoms with van der Waals surface area (Å²) >= 11 is 0. The van der Waals surface area contributed by atoms with Gasteiger partial charge in [-0.05, 0) is 80.8 Å². The topological polar surface area (TPSA) is 103 Å². The molecule has 0 amide bonds. The van der Waals surface area contributed by atoms with Crippen molar-refractivity contribution in [2.45, 2.75) is 38.8 Å². The van der Waals surface area contributed by atoms with Crippen molar-refractivity contribution in [3.63, 3.8) is 0 Å². The number of hydrogen-bond donors (Lipinski definition) is 2. The number of nitrogens with one attached hydrogen (secondary N) is 1. The van der Waals surface area contributed by atoms with E-state index in [2.05, 4.69) is 5.32 Å². The summed E-state index contributed by atoms with van der Waals surface area (Å²) in [5, 5.41) is 2.96. The zero-order chi connectivity index (χ0) is 32.3. The van der Waals surface area contributed by atoms with E-state index in [1.165, 1.54) is 24.3 Å². The summed E-state index contributed by atoms with van der Waals surface area (Å²) < 4.78 is 77.6. The molecule has 3 aromatic carbocycles. The van der Waals surface area contributed by atoms with E-state index in [4.69, 9.17) is 10.5 Å². The SMILES string of the molecule is CC(C)(C)OC(=O)[C@@H](NCCc1cc(F)c(-n2c(N)c(C(=O)c3ccc(F)cc3F)ccc2=O)c(F)c1)c1ccc(F)cc1. The fraction of sp³-hybridized carbons (Fsp3) is 0.219. The Bertz CT molecular complexity index is 1760. The molecule has 1 aromatic heterocycles. The summed E-state index contributed by atoms with van der Waals surface area (Å²) in [5.41, 5.74) is 2.92. The predicted molar refractivity (Wildman–Crippen MR) is 153 cm³/mol. The number of rotatable bonds is 9. The highest BCUT2D eigenvalue weighted by molar-refractivity contribution is 6.11. The molecule has 0 aliphatic carbocycles. The number of nitrogen functional groups attached to an aromatic ring is 1. The number of carbonyl (C=O) groups is 2. The minimum Gasteiger partial charge on any atom is -0.459 e. The molecule has 3 N–H and O–H groups in total. The van der Waals surface area contributed by atoms with Crippen LogP contribution in [-0.2, 0) is 16.0 Å². The first-order chi connectivity index (χ1) is 20.7. The lowest BCUT2D eigenvalue weighted by atomic mass is 10.0. The molecule has 0 fully saturated rings. The number of ether oxygens (including phenoxy) is 1. The highest BCUT2D eigenvalue weighted by Gasteiger charge is 2.27. The second kappa shape index (κ2) is 12.8. The summed E-state index contributed by atoms with van der Waals surface area (Å²) in [6, 6.07) is 10.2. The Morgan fingerprint density at radius 2 is 1.43 bits per heavy atom. The van der Waals surface area contributed by atoms with Crippen LogP contribution in [0.15, 0.2) is 71.5 Å². The van der Waals surface area contributed by atoms with Crippen molar-refractivity contribution in [3.8, 4) is 5.69 Å². The first-order valence-corrected chi connectivity index (χ1v) is 13.4. The molecule has 7 nitrogen and oxygen atoms in total. The molecular formula is C32H28F5N3O4. The third-order valence-corrected chi connectivity index (χ3v) is 6.46. The van der Waals surface area contributed by atoms with Crippen molar-refractivity contribution in [1.82, 2.24) is 9.88 Å². The molecule has 0 saturated carbocycles. The summed E-state index contributed by atoms with van der Waals surface area (Å²) in [6.45, 7) is 5.09. The maximum atomic E-state index is 15.4. The van der Waals surface area contributed by atoms with Gasteiger partial charge in [0.25, 0.3) is 5.56 Å². The van der Waals surface area contributed by atoms with Gasteiger partial charge in [0.1, 0.15) is 40.6 Å². The Morgan fingerprint density at radius 1 is 0.841 bits per heavy atom. The molecule has 44 heavy (non-hydrogen) atoms. The van der Waals surface area contributed by atoms with Crippen LogP contribution in [0.1, 0.15) is 53.9 Å². The molecule has 0 unspecified atom stereocenters. The minimum atomic E-state index is -1.19. The van der Waals surface area contributed by atoms with Crippen LogP contribution < -0.4 is 16.6 Å². The Morgan fingerprint density at radius 3 is 2.02 bits per heavy atom. The molecule has 0 aliphatic rings. The van der Waals surface area contributed by atoms with E-state index in [0.717, 1.165) is 36.4 Å². The maximum absolute atomic E-state index is 15.4. The third-order valence-electron chi connectivity index (χ3n) is 6.46. The molecule has 1 atom stereocenters. The molecule has 0 aliphatic heterocycles. The van der Waals surface area contributed by atoms with E-state index in [1.54, 1.807) is 20.8 Å². The average molecular weight is 614 g/mol.